The molecule has 1 aliphatic rings. The first-order chi connectivity index (χ1) is 15.8. The van der Waals surface area contributed by atoms with E-state index < -0.39 is 20.6 Å². The number of sulfone groups is 1. The van der Waals surface area contributed by atoms with Crippen LogP contribution in [0.2, 0.25) is 0 Å². The van der Waals surface area contributed by atoms with E-state index in [2.05, 4.69) is 32.7 Å². The Hall–Kier alpha value is -2.34. The normalized spacial score (nSPS) is 15.8. The Morgan fingerprint density at radius 3 is 2.30 bits per heavy atom. The standard InChI is InChI=1S/C25H28BrNO5S/c1-3-5-18-32-22-10-12-23(13-11-22)33(29,30)25(24(28)31-4-2)14-16-27(17-15-25)19-20-6-8-21(26)9-7-20/h6-13H,4,14-19H2,1-2H3. The minimum atomic E-state index is -3.98. The summed E-state index contributed by atoms with van der Waals surface area (Å²) in [5.41, 5.74) is 1.13. The van der Waals surface area contributed by atoms with Crippen LogP contribution in [0.25, 0.3) is 0 Å². The zero-order chi connectivity index (χ0) is 23.9. The zero-order valence-corrected chi connectivity index (χ0v) is 21.2. The van der Waals surface area contributed by atoms with Crippen LogP contribution in [0.4, 0.5) is 0 Å². The molecular formula is C25H28BrNO5S. The zero-order valence-electron chi connectivity index (χ0n) is 18.8. The second kappa shape index (κ2) is 11.2. The fourth-order valence-corrected chi connectivity index (χ4v) is 6.11. The molecule has 176 valence electrons. The van der Waals surface area contributed by atoms with Gasteiger partial charge >= 0.3 is 5.97 Å². The van der Waals surface area contributed by atoms with Crippen molar-refractivity contribution in [1.82, 2.24) is 4.90 Å². The number of carbonyl (C=O) groups is 1. The number of esters is 1. The highest BCUT2D eigenvalue weighted by atomic mass is 79.9. The van der Waals surface area contributed by atoms with Gasteiger partial charge < -0.3 is 9.47 Å². The summed E-state index contributed by atoms with van der Waals surface area (Å²) < 4.78 is 37.6. The van der Waals surface area contributed by atoms with Gasteiger partial charge in [-0.15, -0.1) is 5.92 Å². The van der Waals surface area contributed by atoms with E-state index in [0.717, 1.165) is 10.0 Å². The molecule has 0 amide bonds. The van der Waals surface area contributed by atoms with Crippen LogP contribution >= 0.6 is 15.9 Å². The summed E-state index contributed by atoms with van der Waals surface area (Å²) in [4.78, 5) is 15.3. The number of rotatable bonds is 8. The molecule has 2 aromatic rings. The van der Waals surface area contributed by atoms with Crippen LogP contribution in [0.5, 0.6) is 5.75 Å². The first-order valence-electron chi connectivity index (χ1n) is 10.8. The number of hydrogen-bond donors (Lipinski definition) is 0. The first-order valence-corrected chi connectivity index (χ1v) is 13.1. The Balaban J connectivity index is 1.80. The summed E-state index contributed by atoms with van der Waals surface area (Å²) in [7, 11) is -3.98. The van der Waals surface area contributed by atoms with Crippen LogP contribution in [-0.2, 0) is 25.9 Å². The molecule has 0 aromatic heterocycles. The molecule has 1 heterocycles. The summed E-state index contributed by atoms with van der Waals surface area (Å²) in [5.74, 6) is 5.38. The van der Waals surface area contributed by atoms with Crippen LogP contribution in [0.1, 0.15) is 32.3 Å². The maximum atomic E-state index is 13.7. The topological polar surface area (TPSA) is 72.9 Å². The van der Waals surface area contributed by atoms with Gasteiger partial charge in [-0.3, -0.25) is 9.69 Å². The fourth-order valence-electron chi connectivity index (χ4n) is 3.90. The van der Waals surface area contributed by atoms with Crippen molar-refractivity contribution in [3.8, 4) is 17.6 Å². The van der Waals surface area contributed by atoms with E-state index in [9.17, 15) is 13.2 Å². The highest BCUT2D eigenvalue weighted by Crippen LogP contribution is 2.37. The van der Waals surface area contributed by atoms with Gasteiger partial charge in [0.25, 0.3) is 0 Å². The van der Waals surface area contributed by atoms with E-state index in [1.54, 1.807) is 26.0 Å². The molecule has 0 bridgehead atoms. The molecule has 0 atom stereocenters. The second-order valence-corrected chi connectivity index (χ2v) is 11.0. The molecule has 2 aromatic carbocycles. The molecule has 0 spiro atoms. The van der Waals surface area contributed by atoms with E-state index in [-0.39, 0.29) is 31.0 Å². The van der Waals surface area contributed by atoms with Gasteiger partial charge in [0, 0.05) is 24.1 Å². The van der Waals surface area contributed by atoms with Crippen molar-refractivity contribution in [2.24, 2.45) is 0 Å². The van der Waals surface area contributed by atoms with Crippen molar-refractivity contribution in [3.63, 3.8) is 0 Å². The Bertz CT molecular complexity index is 1110. The van der Waals surface area contributed by atoms with Crippen LogP contribution in [0, 0.1) is 11.8 Å². The van der Waals surface area contributed by atoms with Crippen molar-refractivity contribution < 1.29 is 22.7 Å². The van der Waals surface area contributed by atoms with Crippen LogP contribution in [0.15, 0.2) is 57.9 Å². The summed E-state index contributed by atoms with van der Waals surface area (Å²) >= 11 is 3.43. The number of ether oxygens (including phenoxy) is 2. The number of nitrogens with zero attached hydrogens (tertiary/aromatic N) is 1. The van der Waals surface area contributed by atoms with E-state index in [4.69, 9.17) is 9.47 Å². The summed E-state index contributed by atoms with van der Waals surface area (Å²) in [6.45, 7) is 5.41. The number of halogens is 1. The fraction of sp³-hybridized carbons (Fsp3) is 0.400. The molecule has 1 saturated heterocycles. The third-order valence-electron chi connectivity index (χ3n) is 5.77. The Kier molecular flexibility index (Phi) is 8.57. The molecule has 3 rings (SSSR count). The lowest BCUT2D eigenvalue weighted by molar-refractivity contribution is -0.147. The van der Waals surface area contributed by atoms with Gasteiger partial charge in [0.15, 0.2) is 14.6 Å². The molecule has 0 unspecified atom stereocenters. The summed E-state index contributed by atoms with van der Waals surface area (Å²) in [6, 6.07) is 14.2. The van der Waals surface area contributed by atoms with E-state index in [0.29, 0.717) is 25.4 Å². The number of benzene rings is 2. The van der Waals surface area contributed by atoms with Gasteiger partial charge in [-0.25, -0.2) is 8.42 Å². The van der Waals surface area contributed by atoms with Gasteiger partial charge in [-0.2, -0.15) is 0 Å². The van der Waals surface area contributed by atoms with E-state index in [1.165, 1.54) is 12.1 Å². The predicted molar refractivity (Wildman–Crippen MR) is 131 cm³/mol. The molecule has 0 saturated carbocycles. The molecule has 33 heavy (non-hydrogen) atoms. The SMILES string of the molecule is CC#CCOc1ccc(S(=O)(=O)C2(C(=O)OCC)CCN(Cc3ccc(Br)cc3)CC2)cc1. The minimum absolute atomic E-state index is 0.0887. The Morgan fingerprint density at radius 1 is 1.09 bits per heavy atom. The third-order valence-corrected chi connectivity index (χ3v) is 8.79. The van der Waals surface area contributed by atoms with Gasteiger partial charge in [0.2, 0.25) is 0 Å². The lowest BCUT2D eigenvalue weighted by Crippen LogP contribution is -2.54. The number of hydrogen-bond acceptors (Lipinski definition) is 6. The Labute approximate surface area is 204 Å². The van der Waals surface area contributed by atoms with Gasteiger partial charge in [-0.1, -0.05) is 34.0 Å². The van der Waals surface area contributed by atoms with Crippen molar-refractivity contribution >= 4 is 31.7 Å². The monoisotopic (exact) mass is 533 g/mol. The lowest BCUT2D eigenvalue weighted by atomic mass is 9.95. The van der Waals surface area contributed by atoms with E-state index in [1.807, 2.05) is 24.3 Å². The minimum Gasteiger partial charge on any atom is -0.481 e. The molecular weight excluding hydrogens is 506 g/mol. The highest BCUT2D eigenvalue weighted by Gasteiger charge is 2.54. The van der Waals surface area contributed by atoms with Crippen molar-refractivity contribution in [2.45, 2.75) is 42.9 Å². The molecule has 0 radical (unpaired) electrons. The average molecular weight is 534 g/mol. The van der Waals surface area contributed by atoms with Crippen LogP contribution in [-0.4, -0.2) is 50.3 Å². The third kappa shape index (κ3) is 5.78. The van der Waals surface area contributed by atoms with Crippen molar-refractivity contribution in [3.05, 3.63) is 58.6 Å². The molecule has 1 aliphatic heterocycles. The summed E-state index contributed by atoms with van der Waals surface area (Å²) in [6.07, 6.45) is 0.351. The number of piperidine rings is 1. The van der Waals surface area contributed by atoms with Crippen LogP contribution < -0.4 is 4.74 Å². The average Bonchev–Trinajstić information content (AvgIpc) is 2.81. The molecule has 8 heteroatoms. The lowest BCUT2D eigenvalue weighted by Gasteiger charge is -2.39. The quantitative estimate of drug-likeness (QED) is 0.373. The number of carbonyl (C=O) groups excluding carboxylic acids is 1. The molecule has 1 fully saturated rings. The first kappa shape index (κ1) is 25.3. The van der Waals surface area contributed by atoms with Gasteiger partial charge in [-0.05, 0) is 68.7 Å². The highest BCUT2D eigenvalue weighted by molar-refractivity contribution is 9.10. The van der Waals surface area contributed by atoms with Crippen LogP contribution in [0.3, 0.4) is 0 Å². The maximum Gasteiger partial charge on any atom is 0.327 e. The second-order valence-electron chi connectivity index (χ2n) is 7.81. The summed E-state index contributed by atoms with van der Waals surface area (Å²) in [5, 5.41) is 0. The molecule has 0 aliphatic carbocycles. The largest absolute Gasteiger partial charge is 0.481 e. The molecule has 0 N–H and O–H groups in total. The predicted octanol–water partition coefficient (Wildman–Crippen LogP) is 4.22. The number of likely N-dealkylation sites (tertiary alicyclic amines) is 1. The molecule has 6 nitrogen and oxygen atoms in total. The van der Waals surface area contributed by atoms with E-state index >= 15 is 0 Å². The maximum absolute atomic E-state index is 13.7. The van der Waals surface area contributed by atoms with Gasteiger partial charge in [0.1, 0.15) is 12.4 Å². The van der Waals surface area contributed by atoms with Gasteiger partial charge in [0.05, 0.1) is 11.5 Å². The Morgan fingerprint density at radius 2 is 1.73 bits per heavy atom. The van der Waals surface area contributed by atoms with Crippen molar-refractivity contribution in [2.75, 3.05) is 26.3 Å². The van der Waals surface area contributed by atoms with Crippen molar-refractivity contribution in [1.29, 1.82) is 0 Å². The smallest absolute Gasteiger partial charge is 0.327 e.